The first-order valence-electron chi connectivity index (χ1n) is 12.7. The maximum atomic E-state index is 13.0. The van der Waals surface area contributed by atoms with E-state index in [-0.39, 0.29) is 5.02 Å². The second kappa shape index (κ2) is 9.15. The largest absolute Gasteiger partial charge is 0.416 e. The third-order valence-electron chi connectivity index (χ3n) is 8.89. The van der Waals surface area contributed by atoms with Crippen molar-refractivity contribution >= 4 is 23.1 Å². The first kappa shape index (κ1) is 24.7. The van der Waals surface area contributed by atoms with Crippen LogP contribution in [0.5, 0.6) is 0 Å². The Balaban J connectivity index is 1.29. The van der Waals surface area contributed by atoms with Gasteiger partial charge in [0.1, 0.15) is 5.84 Å². The maximum absolute atomic E-state index is 13.0. The SMILES string of the molecule is CC(C)(C(=NC1C2CC3CC(C2)CC1C3)NC#N)N1CCN(c2ccc(C(F)(F)F)cc2Cl)CC1. The molecule has 4 aliphatic carbocycles. The lowest BCUT2D eigenvalue weighted by Crippen LogP contribution is -2.61. The number of aliphatic imine (C=N–C) groups is 1. The number of nitrogens with one attached hydrogen (secondary N) is 1. The van der Waals surface area contributed by atoms with Crippen molar-refractivity contribution in [1.82, 2.24) is 10.2 Å². The minimum absolute atomic E-state index is 0.114. The number of piperazine rings is 1. The highest BCUT2D eigenvalue weighted by molar-refractivity contribution is 6.33. The Hall–Kier alpha value is -1.98. The molecule has 1 aromatic rings. The van der Waals surface area contributed by atoms with Gasteiger partial charge in [0.05, 0.1) is 27.9 Å². The number of anilines is 1. The molecule has 0 atom stereocenters. The van der Waals surface area contributed by atoms with Gasteiger partial charge in [-0.25, -0.2) is 0 Å². The molecule has 35 heavy (non-hydrogen) atoms. The van der Waals surface area contributed by atoms with E-state index in [9.17, 15) is 18.4 Å². The lowest BCUT2D eigenvalue weighted by Gasteiger charge is -2.53. The quantitative estimate of drug-likeness (QED) is 0.251. The molecule has 1 aliphatic heterocycles. The summed E-state index contributed by atoms with van der Waals surface area (Å²) >= 11 is 6.23. The van der Waals surface area contributed by atoms with E-state index in [0.29, 0.717) is 49.7 Å². The smallest absolute Gasteiger partial charge is 0.368 e. The van der Waals surface area contributed by atoms with Crippen molar-refractivity contribution in [1.29, 1.82) is 5.26 Å². The van der Waals surface area contributed by atoms with Crippen LogP contribution in [0, 0.1) is 35.1 Å². The first-order chi connectivity index (χ1) is 16.6. The summed E-state index contributed by atoms with van der Waals surface area (Å²) in [5.74, 6) is 3.75. The van der Waals surface area contributed by atoms with Crippen molar-refractivity contribution in [2.75, 3.05) is 31.1 Å². The van der Waals surface area contributed by atoms with E-state index >= 15 is 0 Å². The van der Waals surface area contributed by atoms with Crippen LogP contribution in [-0.4, -0.2) is 48.5 Å². The van der Waals surface area contributed by atoms with Crippen molar-refractivity contribution in [2.24, 2.45) is 28.7 Å². The lowest BCUT2D eigenvalue weighted by atomic mass is 9.54. The first-order valence-corrected chi connectivity index (χ1v) is 13.0. The van der Waals surface area contributed by atoms with Crippen LogP contribution in [0.3, 0.4) is 0 Å². The van der Waals surface area contributed by atoms with Crippen LogP contribution in [0.4, 0.5) is 18.9 Å². The van der Waals surface area contributed by atoms with E-state index in [1.807, 2.05) is 4.90 Å². The van der Waals surface area contributed by atoms with Crippen molar-refractivity contribution in [3.8, 4) is 6.19 Å². The van der Waals surface area contributed by atoms with E-state index in [1.165, 1.54) is 38.2 Å². The summed E-state index contributed by atoms with van der Waals surface area (Å²) in [4.78, 5) is 9.57. The summed E-state index contributed by atoms with van der Waals surface area (Å²) < 4.78 is 39.0. The number of nitrogens with zero attached hydrogens (tertiary/aromatic N) is 4. The zero-order valence-electron chi connectivity index (χ0n) is 20.3. The number of benzene rings is 1. The van der Waals surface area contributed by atoms with Crippen molar-refractivity contribution in [3.05, 3.63) is 28.8 Å². The summed E-state index contributed by atoms with van der Waals surface area (Å²) in [5, 5.41) is 12.6. The van der Waals surface area contributed by atoms with Crippen molar-refractivity contribution in [2.45, 2.75) is 63.7 Å². The molecule has 5 nitrogen and oxygen atoms in total. The molecule has 5 fully saturated rings. The number of amidine groups is 1. The van der Waals surface area contributed by atoms with E-state index in [0.717, 1.165) is 29.8 Å². The Kier molecular flexibility index (Phi) is 6.46. The molecular formula is C26H33ClF3N5. The number of nitriles is 1. The summed E-state index contributed by atoms with van der Waals surface area (Å²) in [6.07, 6.45) is 4.19. The zero-order valence-corrected chi connectivity index (χ0v) is 21.0. The standard InChI is InChI=1S/C26H33ClF3N5/c1-25(2,24(32-15-31)33-23-18-10-16-9-17(12-18)13-19(23)11-16)35-7-5-34(6-8-35)22-4-3-20(14-21(22)27)26(28,29)30/h3-4,14,16-19,23H,5-13H2,1-2H3,(H,32,33). The third kappa shape index (κ3) is 4.74. The van der Waals surface area contributed by atoms with Gasteiger partial charge >= 0.3 is 6.18 Å². The van der Waals surface area contributed by atoms with Gasteiger partial charge in [-0.3, -0.25) is 15.2 Å². The van der Waals surface area contributed by atoms with Crippen LogP contribution in [-0.2, 0) is 6.18 Å². The summed E-state index contributed by atoms with van der Waals surface area (Å²) in [6.45, 7) is 6.86. The van der Waals surface area contributed by atoms with Crippen molar-refractivity contribution < 1.29 is 13.2 Å². The van der Waals surface area contributed by atoms with Crippen LogP contribution < -0.4 is 10.2 Å². The van der Waals surface area contributed by atoms with E-state index in [2.05, 4.69) is 30.3 Å². The third-order valence-corrected chi connectivity index (χ3v) is 9.20. The average Bonchev–Trinajstić information content (AvgIpc) is 2.79. The molecule has 4 bridgehead atoms. The molecule has 0 unspecified atom stereocenters. The number of hydrogen-bond acceptors (Lipinski definition) is 4. The van der Waals surface area contributed by atoms with Gasteiger partial charge in [0.25, 0.3) is 0 Å². The van der Waals surface area contributed by atoms with Gasteiger partial charge in [0.15, 0.2) is 6.19 Å². The molecule has 1 aromatic carbocycles. The van der Waals surface area contributed by atoms with E-state index in [4.69, 9.17) is 16.6 Å². The van der Waals surface area contributed by atoms with Crippen LogP contribution in [0.15, 0.2) is 23.2 Å². The highest BCUT2D eigenvalue weighted by Crippen LogP contribution is 2.54. The molecule has 5 aliphatic rings. The summed E-state index contributed by atoms with van der Waals surface area (Å²) in [6, 6.07) is 3.84. The Morgan fingerprint density at radius 2 is 1.63 bits per heavy atom. The Morgan fingerprint density at radius 3 is 2.14 bits per heavy atom. The molecule has 4 saturated carbocycles. The fourth-order valence-electron chi connectivity index (χ4n) is 7.25. The van der Waals surface area contributed by atoms with Gasteiger partial charge in [-0.05, 0) is 87.8 Å². The van der Waals surface area contributed by atoms with Gasteiger partial charge in [-0.15, -0.1) is 0 Å². The molecule has 0 spiro atoms. The maximum Gasteiger partial charge on any atom is 0.416 e. The van der Waals surface area contributed by atoms with E-state index < -0.39 is 17.3 Å². The van der Waals surface area contributed by atoms with Crippen LogP contribution in [0.25, 0.3) is 0 Å². The fourth-order valence-corrected chi connectivity index (χ4v) is 7.55. The monoisotopic (exact) mass is 507 g/mol. The molecule has 6 rings (SSSR count). The normalized spacial score (nSPS) is 31.5. The Morgan fingerprint density at radius 1 is 1.03 bits per heavy atom. The topological polar surface area (TPSA) is 54.7 Å². The number of alkyl halides is 3. The van der Waals surface area contributed by atoms with Gasteiger partial charge in [0.2, 0.25) is 0 Å². The van der Waals surface area contributed by atoms with Gasteiger partial charge in [0, 0.05) is 26.2 Å². The lowest BCUT2D eigenvalue weighted by molar-refractivity contribution is -0.137. The highest BCUT2D eigenvalue weighted by Gasteiger charge is 2.49. The average molecular weight is 508 g/mol. The Labute approximate surface area is 210 Å². The molecule has 1 N–H and O–H groups in total. The van der Waals surface area contributed by atoms with E-state index in [1.54, 1.807) is 0 Å². The number of halogens is 4. The minimum atomic E-state index is -4.41. The molecule has 0 aromatic heterocycles. The summed E-state index contributed by atoms with van der Waals surface area (Å²) in [5.41, 5.74) is -0.575. The molecule has 9 heteroatoms. The molecule has 1 heterocycles. The van der Waals surface area contributed by atoms with Crippen LogP contribution in [0.2, 0.25) is 5.02 Å². The number of hydrogen-bond donors (Lipinski definition) is 1. The summed E-state index contributed by atoms with van der Waals surface area (Å²) in [7, 11) is 0. The second-order valence-corrected chi connectivity index (χ2v) is 11.7. The van der Waals surface area contributed by atoms with Gasteiger partial charge in [-0.1, -0.05) is 11.6 Å². The van der Waals surface area contributed by atoms with Crippen LogP contribution in [0.1, 0.15) is 51.5 Å². The molecule has 190 valence electrons. The zero-order chi connectivity index (χ0) is 25.0. The predicted molar refractivity (Wildman–Crippen MR) is 131 cm³/mol. The van der Waals surface area contributed by atoms with Gasteiger partial charge < -0.3 is 4.90 Å². The molecule has 1 saturated heterocycles. The molecular weight excluding hydrogens is 475 g/mol. The van der Waals surface area contributed by atoms with Gasteiger partial charge in [-0.2, -0.15) is 18.4 Å². The fraction of sp³-hybridized carbons (Fsp3) is 0.692. The molecule has 0 radical (unpaired) electrons. The minimum Gasteiger partial charge on any atom is -0.368 e. The Bertz CT molecular complexity index is 995. The molecule has 0 amide bonds. The van der Waals surface area contributed by atoms with Crippen molar-refractivity contribution in [3.63, 3.8) is 0 Å². The highest BCUT2D eigenvalue weighted by atomic mass is 35.5. The predicted octanol–water partition coefficient (Wildman–Crippen LogP) is 5.55. The second-order valence-electron chi connectivity index (χ2n) is 11.3. The van der Waals surface area contributed by atoms with Crippen LogP contribution >= 0.6 is 11.6 Å². The number of rotatable bonds is 4.